The third kappa shape index (κ3) is 3.18. The van der Waals surface area contributed by atoms with Crippen LogP contribution in [0.5, 0.6) is 0 Å². The van der Waals surface area contributed by atoms with E-state index in [1.165, 1.54) is 29.5 Å². The van der Waals surface area contributed by atoms with Crippen LogP contribution < -0.4 is 5.11 Å². The van der Waals surface area contributed by atoms with Crippen molar-refractivity contribution >= 4 is 23.4 Å². The average molecular weight is 339 g/mol. The highest BCUT2D eigenvalue weighted by molar-refractivity contribution is 7.11. The number of carbonyl (C=O) groups excluding carboxylic acids is 1. The van der Waals surface area contributed by atoms with E-state index in [9.17, 15) is 9.90 Å². The molecule has 1 heterocycles. The molecule has 0 atom stereocenters. The first-order chi connectivity index (χ1) is 11.2. The van der Waals surface area contributed by atoms with Gasteiger partial charge >= 0.3 is 0 Å². The number of carboxylic acid groups (broad SMARTS) is 1. The Balaban J connectivity index is 2.01. The molecule has 0 bridgehead atoms. The van der Waals surface area contributed by atoms with Crippen LogP contribution in [0, 0.1) is 0 Å². The summed E-state index contributed by atoms with van der Waals surface area (Å²) in [7, 11) is 0. The van der Waals surface area contributed by atoms with Crippen molar-refractivity contribution in [2.75, 3.05) is 0 Å². The highest BCUT2D eigenvalue weighted by Gasteiger charge is 2.36. The van der Waals surface area contributed by atoms with Gasteiger partial charge in [-0.15, -0.1) is 11.3 Å². The molecule has 3 heteroatoms. The third-order valence-corrected chi connectivity index (χ3v) is 6.09. The minimum absolute atomic E-state index is 0.189. The molecular weight excluding hydrogens is 316 g/mol. The molecule has 1 aliphatic carbocycles. The second-order valence-electron chi connectivity index (χ2n) is 7.92. The van der Waals surface area contributed by atoms with Gasteiger partial charge in [-0.2, -0.15) is 0 Å². The number of fused-ring (bicyclic) bond motifs is 1. The molecule has 0 unspecified atom stereocenters. The van der Waals surface area contributed by atoms with E-state index in [0.717, 1.165) is 16.5 Å². The first-order valence-corrected chi connectivity index (χ1v) is 9.20. The molecule has 2 nitrogen and oxygen atoms in total. The van der Waals surface area contributed by atoms with E-state index in [-0.39, 0.29) is 10.8 Å². The van der Waals surface area contributed by atoms with E-state index >= 15 is 0 Å². The zero-order valence-corrected chi connectivity index (χ0v) is 15.5. The average Bonchev–Trinajstić information content (AvgIpc) is 2.99. The molecule has 0 amide bonds. The van der Waals surface area contributed by atoms with Gasteiger partial charge in [0.25, 0.3) is 0 Å². The summed E-state index contributed by atoms with van der Waals surface area (Å²) in [5.41, 5.74) is 5.64. The van der Waals surface area contributed by atoms with Crippen molar-refractivity contribution in [3.05, 3.63) is 51.7 Å². The number of carboxylic acids is 1. The maximum atomic E-state index is 10.5. The summed E-state index contributed by atoms with van der Waals surface area (Å²) in [6.07, 6.45) is 5.08. The van der Waals surface area contributed by atoms with Gasteiger partial charge in [-0.05, 0) is 69.5 Å². The molecule has 24 heavy (non-hydrogen) atoms. The zero-order chi connectivity index (χ0) is 17.5. The van der Waals surface area contributed by atoms with Crippen molar-refractivity contribution in [1.82, 2.24) is 0 Å². The summed E-state index contributed by atoms with van der Waals surface area (Å²) in [6, 6.07) is 8.83. The van der Waals surface area contributed by atoms with E-state index < -0.39 is 5.97 Å². The van der Waals surface area contributed by atoms with Crippen LogP contribution in [0.2, 0.25) is 0 Å². The second kappa shape index (κ2) is 5.89. The highest BCUT2D eigenvalue weighted by Crippen LogP contribution is 2.46. The Kier molecular flexibility index (Phi) is 4.16. The van der Waals surface area contributed by atoms with Gasteiger partial charge in [0.1, 0.15) is 0 Å². The topological polar surface area (TPSA) is 40.1 Å². The Morgan fingerprint density at radius 1 is 1.04 bits per heavy atom. The lowest BCUT2D eigenvalue weighted by atomic mass is 9.63. The van der Waals surface area contributed by atoms with Gasteiger partial charge in [-0.1, -0.05) is 45.9 Å². The Bertz CT molecular complexity index is 809. The first-order valence-electron chi connectivity index (χ1n) is 8.32. The van der Waals surface area contributed by atoms with E-state index in [1.807, 2.05) is 6.07 Å². The summed E-state index contributed by atoms with van der Waals surface area (Å²) in [4.78, 5) is 11.5. The van der Waals surface area contributed by atoms with Crippen molar-refractivity contribution in [1.29, 1.82) is 0 Å². The van der Waals surface area contributed by atoms with Crippen molar-refractivity contribution in [2.45, 2.75) is 51.4 Å². The number of hydrogen-bond donors (Lipinski definition) is 0. The summed E-state index contributed by atoms with van der Waals surface area (Å²) in [5, 5.41) is 12.6. The fourth-order valence-electron chi connectivity index (χ4n) is 3.51. The van der Waals surface area contributed by atoms with E-state index in [0.29, 0.717) is 0 Å². The van der Waals surface area contributed by atoms with Crippen LogP contribution in [0.1, 0.15) is 56.5 Å². The summed E-state index contributed by atoms with van der Waals surface area (Å²) in [6.45, 7) is 9.31. The lowest BCUT2D eigenvalue weighted by molar-refractivity contribution is -0.297. The number of thiophene rings is 1. The van der Waals surface area contributed by atoms with Gasteiger partial charge in [-0.3, -0.25) is 0 Å². The Morgan fingerprint density at radius 3 is 2.38 bits per heavy atom. The van der Waals surface area contributed by atoms with Crippen molar-refractivity contribution in [3.63, 3.8) is 0 Å². The second-order valence-corrected chi connectivity index (χ2v) is 8.86. The zero-order valence-electron chi connectivity index (χ0n) is 14.7. The minimum Gasteiger partial charge on any atom is -0.545 e. The third-order valence-electron chi connectivity index (χ3n) is 5.19. The maximum Gasteiger partial charge on any atom is 0.0643 e. The summed E-state index contributed by atoms with van der Waals surface area (Å²) < 4.78 is 0. The number of rotatable bonds is 3. The van der Waals surface area contributed by atoms with Crippen LogP contribution in [0.25, 0.3) is 17.2 Å². The molecule has 0 saturated carbocycles. The summed E-state index contributed by atoms with van der Waals surface area (Å²) in [5.74, 6) is -1.16. The molecule has 0 radical (unpaired) electrons. The number of aliphatic carboxylic acids is 1. The normalized spacial score (nSPS) is 18.5. The van der Waals surface area contributed by atoms with E-state index in [4.69, 9.17) is 0 Å². The van der Waals surface area contributed by atoms with Crippen molar-refractivity contribution in [2.24, 2.45) is 0 Å². The van der Waals surface area contributed by atoms with Gasteiger partial charge in [0.05, 0.1) is 5.97 Å². The standard InChI is InChI=1S/C21H24O2S/c1-20(2)9-10-21(3,4)18-12-14(5-7-17(18)20)15-11-16(24-13-15)6-8-19(22)23/h5-8,11-13H,9-10H2,1-4H3,(H,22,23)/p-1/b8-6+. The molecular formula is C21H23O2S-. The molecule has 1 aromatic heterocycles. The lowest BCUT2D eigenvalue weighted by Crippen LogP contribution is -2.33. The predicted octanol–water partition coefficient (Wildman–Crippen LogP) is 4.53. The van der Waals surface area contributed by atoms with E-state index in [2.05, 4.69) is 51.3 Å². The van der Waals surface area contributed by atoms with Gasteiger partial charge in [0, 0.05) is 4.88 Å². The maximum absolute atomic E-state index is 10.5. The van der Waals surface area contributed by atoms with Crippen LogP contribution in [-0.2, 0) is 15.6 Å². The molecule has 2 aromatic rings. The number of carbonyl (C=O) groups is 1. The van der Waals surface area contributed by atoms with Gasteiger partial charge < -0.3 is 9.90 Å². The Morgan fingerprint density at radius 2 is 1.71 bits per heavy atom. The largest absolute Gasteiger partial charge is 0.545 e. The Hall–Kier alpha value is -1.87. The quantitative estimate of drug-likeness (QED) is 0.771. The lowest BCUT2D eigenvalue weighted by Gasteiger charge is -2.42. The molecule has 3 rings (SSSR count). The number of benzene rings is 1. The predicted molar refractivity (Wildman–Crippen MR) is 99.1 cm³/mol. The fourth-order valence-corrected chi connectivity index (χ4v) is 4.32. The molecule has 126 valence electrons. The van der Waals surface area contributed by atoms with Crippen LogP contribution in [-0.4, -0.2) is 5.97 Å². The van der Waals surface area contributed by atoms with Crippen LogP contribution >= 0.6 is 11.3 Å². The smallest absolute Gasteiger partial charge is 0.0643 e. The van der Waals surface area contributed by atoms with Gasteiger partial charge in [-0.25, -0.2) is 0 Å². The van der Waals surface area contributed by atoms with Gasteiger partial charge in [0.2, 0.25) is 0 Å². The van der Waals surface area contributed by atoms with E-state index in [1.54, 1.807) is 17.4 Å². The molecule has 0 saturated heterocycles. The summed E-state index contributed by atoms with van der Waals surface area (Å²) >= 11 is 1.55. The molecule has 1 aliphatic rings. The molecule has 0 N–H and O–H groups in total. The highest BCUT2D eigenvalue weighted by atomic mass is 32.1. The SMILES string of the molecule is CC1(C)CCC(C)(C)c2cc(-c3csc(/C=C/C(=O)[O-])c3)ccc21. The molecule has 0 aliphatic heterocycles. The van der Waals surface area contributed by atoms with Crippen molar-refractivity contribution in [3.8, 4) is 11.1 Å². The molecule has 0 spiro atoms. The monoisotopic (exact) mass is 339 g/mol. The Labute approximate surface area is 147 Å². The molecule has 0 fully saturated rings. The van der Waals surface area contributed by atoms with Crippen LogP contribution in [0.4, 0.5) is 0 Å². The van der Waals surface area contributed by atoms with Crippen molar-refractivity contribution < 1.29 is 9.90 Å². The minimum atomic E-state index is -1.16. The van der Waals surface area contributed by atoms with Crippen LogP contribution in [0.15, 0.2) is 35.7 Å². The van der Waals surface area contributed by atoms with Crippen LogP contribution in [0.3, 0.4) is 0 Å². The fraction of sp³-hybridized carbons (Fsp3) is 0.381. The molecule has 1 aromatic carbocycles. The number of hydrogen-bond acceptors (Lipinski definition) is 3. The first kappa shape index (κ1) is 17.0. The van der Waals surface area contributed by atoms with Gasteiger partial charge in [0.15, 0.2) is 0 Å².